The van der Waals surface area contributed by atoms with Crippen LogP contribution in [-0.4, -0.2) is 39.9 Å². The first-order valence-corrected chi connectivity index (χ1v) is 12.3. The number of hydrogen-bond donors (Lipinski definition) is 1. The Balaban J connectivity index is 1.47. The fourth-order valence-corrected chi connectivity index (χ4v) is 4.53. The first-order valence-electron chi connectivity index (χ1n) is 10.7. The van der Waals surface area contributed by atoms with Gasteiger partial charge in [-0.3, -0.25) is 0 Å². The zero-order valence-electron chi connectivity index (χ0n) is 18.4. The van der Waals surface area contributed by atoms with Crippen LogP contribution in [0, 0.1) is 0 Å². The molecule has 0 saturated carbocycles. The number of thiophene rings is 1. The number of benzene rings is 1. The molecule has 4 rings (SSSR count). The molecule has 3 aromatic heterocycles. The third-order valence-corrected chi connectivity index (χ3v) is 6.30. The fraction of sp³-hybridized carbons (Fsp3) is 0.304. The SMILES string of the molecule is CCCOc1cc(Br)ccc1CCNc1cc(-c2cc(OCC)c(-c3ncon3)s2)ncn1. The molecule has 0 spiro atoms. The topological polar surface area (TPSA) is 95.2 Å². The second-order valence-corrected chi connectivity index (χ2v) is 9.03. The van der Waals surface area contributed by atoms with Gasteiger partial charge in [-0.1, -0.05) is 34.1 Å². The highest BCUT2D eigenvalue weighted by Gasteiger charge is 2.18. The first-order chi connectivity index (χ1) is 16.2. The lowest BCUT2D eigenvalue weighted by atomic mass is 10.1. The van der Waals surface area contributed by atoms with Gasteiger partial charge in [-0.05, 0) is 37.5 Å². The third-order valence-electron chi connectivity index (χ3n) is 4.67. The minimum Gasteiger partial charge on any atom is -0.493 e. The summed E-state index contributed by atoms with van der Waals surface area (Å²) in [6.07, 6.45) is 4.64. The number of anilines is 1. The van der Waals surface area contributed by atoms with Gasteiger partial charge in [0.1, 0.15) is 28.5 Å². The molecule has 1 N–H and O–H groups in total. The van der Waals surface area contributed by atoms with Gasteiger partial charge in [0, 0.05) is 23.2 Å². The highest BCUT2D eigenvalue weighted by molar-refractivity contribution is 9.10. The average molecular weight is 530 g/mol. The molecule has 8 nitrogen and oxygen atoms in total. The molecule has 0 radical (unpaired) electrons. The number of halogens is 1. The van der Waals surface area contributed by atoms with Crippen LogP contribution in [0.15, 0.2) is 52.0 Å². The van der Waals surface area contributed by atoms with E-state index in [0.717, 1.165) is 49.9 Å². The Kier molecular flexibility index (Phi) is 7.90. The highest BCUT2D eigenvalue weighted by atomic mass is 79.9. The summed E-state index contributed by atoms with van der Waals surface area (Å²) in [5.41, 5.74) is 1.95. The summed E-state index contributed by atoms with van der Waals surface area (Å²) in [4.78, 5) is 14.7. The van der Waals surface area contributed by atoms with Crippen molar-refractivity contribution < 1.29 is 14.0 Å². The molecule has 0 atom stereocenters. The minimum absolute atomic E-state index is 0.498. The van der Waals surface area contributed by atoms with Crippen LogP contribution >= 0.6 is 27.3 Å². The Morgan fingerprint density at radius 2 is 1.97 bits per heavy atom. The fourth-order valence-electron chi connectivity index (χ4n) is 3.19. The van der Waals surface area contributed by atoms with Gasteiger partial charge in [0.2, 0.25) is 12.2 Å². The van der Waals surface area contributed by atoms with Gasteiger partial charge >= 0.3 is 0 Å². The molecular formula is C23H24BrN5O3S. The number of nitrogens with one attached hydrogen (secondary N) is 1. The van der Waals surface area contributed by atoms with Gasteiger partial charge in [-0.15, -0.1) is 11.3 Å². The van der Waals surface area contributed by atoms with Crippen LogP contribution < -0.4 is 14.8 Å². The Bertz CT molecular complexity index is 1180. The molecule has 172 valence electrons. The van der Waals surface area contributed by atoms with Crippen molar-refractivity contribution in [3.8, 4) is 32.8 Å². The number of ether oxygens (including phenoxy) is 2. The Hall–Kier alpha value is -2.98. The molecule has 3 heterocycles. The molecule has 0 unspecified atom stereocenters. The molecule has 0 aliphatic heterocycles. The predicted molar refractivity (Wildman–Crippen MR) is 132 cm³/mol. The van der Waals surface area contributed by atoms with Gasteiger partial charge in [0.15, 0.2) is 0 Å². The van der Waals surface area contributed by atoms with Crippen LogP contribution in [0.4, 0.5) is 5.82 Å². The smallest absolute Gasteiger partial charge is 0.216 e. The monoisotopic (exact) mass is 529 g/mol. The quantitative estimate of drug-likeness (QED) is 0.258. The summed E-state index contributed by atoms with van der Waals surface area (Å²) >= 11 is 5.02. The van der Waals surface area contributed by atoms with Crippen LogP contribution in [0.2, 0.25) is 0 Å². The lowest BCUT2D eigenvalue weighted by Gasteiger charge is -2.12. The van der Waals surface area contributed by atoms with Crippen LogP contribution in [0.3, 0.4) is 0 Å². The van der Waals surface area contributed by atoms with Crippen molar-refractivity contribution >= 4 is 33.1 Å². The molecule has 1 aromatic carbocycles. The van der Waals surface area contributed by atoms with E-state index in [9.17, 15) is 0 Å². The van der Waals surface area contributed by atoms with Crippen molar-refractivity contribution in [3.05, 3.63) is 53.1 Å². The normalized spacial score (nSPS) is 10.9. The summed E-state index contributed by atoms with van der Waals surface area (Å²) in [5.74, 6) is 2.87. The Labute approximate surface area is 204 Å². The molecule has 0 aliphatic rings. The highest BCUT2D eigenvalue weighted by Crippen LogP contribution is 2.41. The van der Waals surface area contributed by atoms with Crippen molar-refractivity contribution in [1.29, 1.82) is 0 Å². The molecule has 0 fully saturated rings. The molecule has 0 amide bonds. The maximum atomic E-state index is 5.90. The van der Waals surface area contributed by atoms with Crippen LogP contribution in [0.5, 0.6) is 11.5 Å². The van der Waals surface area contributed by atoms with E-state index < -0.39 is 0 Å². The van der Waals surface area contributed by atoms with Crippen molar-refractivity contribution in [1.82, 2.24) is 20.1 Å². The maximum absolute atomic E-state index is 5.90. The summed E-state index contributed by atoms with van der Waals surface area (Å²) < 4.78 is 17.6. The lowest BCUT2D eigenvalue weighted by Crippen LogP contribution is -2.08. The summed E-state index contributed by atoms with van der Waals surface area (Å²) in [5, 5.41) is 7.33. The van der Waals surface area contributed by atoms with E-state index in [2.05, 4.69) is 54.3 Å². The number of aromatic nitrogens is 4. The first kappa shape index (κ1) is 23.2. The van der Waals surface area contributed by atoms with E-state index in [0.29, 0.717) is 31.3 Å². The van der Waals surface area contributed by atoms with Crippen LogP contribution in [0.1, 0.15) is 25.8 Å². The van der Waals surface area contributed by atoms with Gasteiger partial charge in [-0.2, -0.15) is 4.98 Å². The second kappa shape index (κ2) is 11.2. The largest absolute Gasteiger partial charge is 0.493 e. The lowest BCUT2D eigenvalue weighted by molar-refractivity contribution is 0.314. The molecule has 33 heavy (non-hydrogen) atoms. The Morgan fingerprint density at radius 3 is 2.76 bits per heavy atom. The molecular weight excluding hydrogens is 506 g/mol. The van der Waals surface area contributed by atoms with E-state index >= 15 is 0 Å². The molecule has 10 heteroatoms. The average Bonchev–Trinajstić information content (AvgIpc) is 3.49. The third kappa shape index (κ3) is 5.88. The summed E-state index contributed by atoms with van der Waals surface area (Å²) in [6, 6.07) is 10.0. The van der Waals surface area contributed by atoms with E-state index in [1.54, 1.807) is 6.33 Å². The zero-order valence-corrected chi connectivity index (χ0v) is 20.8. The predicted octanol–water partition coefficient (Wildman–Crippen LogP) is 5.86. The Morgan fingerprint density at radius 1 is 1.06 bits per heavy atom. The number of hydrogen-bond acceptors (Lipinski definition) is 9. The second-order valence-electron chi connectivity index (χ2n) is 7.06. The van der Waals surface area contributed by atoms with Crippen molar-refractivity contribution in [2.24, 2.45) is 0 Å². The molecule has 4 aromatic rings. The van der Waals surface area contributed by atoms with Crippen molar-refractivity contribution in [2.45, 2.75) is 26.7 Å². The summed E-state index contributed by atoms with van der Waals surface area (Å²) in [6.45, 7) is 5.99. The van der Waals surface area contributed by atoms with E-state index in [1.165, 1.54) is 17.7 Å². The number of rotatable bonds is 11. The van der Waals surface area contributed by atoms with Crippen LogP contribution in [0.25, 0.3) is 21.3 Å². The van der Waals surface area contributed by atoms with E-state index in [1.807, 2.05) is 31.2 Å². The van der Waals surface area contributed by atoms with E-state index in [-0.39, 0.29) is 0 Å². The van der Waals surface area contributed by atoms with E-state index in [4.69, 9.17) is 14.0 Å². The zero-order chi connectivity index (χ0) is 23.0. The standard InChI is InChI=1S/C23H24BrN5O3S/c1-3-9-31-18-10-16(24)6-5-15(18)7-8-25-21-11-17(26-13-27-21)20-12-19(30-4-2)22(33-20)23-28-14-32-29-23/h5-6,10-14H,3-4,7-9H2,1-2H3,(H,25,26,27). The maximum Gasteiger partial charge on any atom is 0.216 e. The van der Waals surface area contributed by atoms with Crippen LogP contribution in [-0.2, 0) is 6.42 Å². The number of nitrogens with zero attached hydrogens (tertiary/aromatic N) is 4. The minimum atomic E-state index is 0.498. The molecule has 0 bridgehead atoms. The van der Waals surface area contributed by atoms with Gasteiger partial charge in [-0.25, -0.2) is 9.97 Å². The summed E-state index contributed by atoms with van der Waals surface area (Å²) in [7, 11) is 0. The molecule has 0 saturated heterocycles. The van der Waals surface area contributed by atoms with Gasteiger partial charge in [0.25, 0.3) is 0 Å². The van der Waals surface area contributed by atoms with Crippen molar-refractivity contribution in [3.63, 3.8) is 0 Å². The molecule has 0 aliphatic carbocycles. The van der Waals surface area contributed by atoms with Gasteiger partial charge in [0.05, 0.1) is 23.8 Å². The van der Waals surface area contributed by atoms with Crippen molar-refractivity contribution in [2.75, 3.05) is 25.1 Å². The van der Waals surface area contributed by atoms with Gasteiger partial charge < -0.3 is 19.3 Å².